The molecule has 0 spiro atoms. The van der Waals surface area contributed by atoms with E-state index in [0.29, 0.717) is 0 Å². The molecular formula is C16H13BrN2. The Hall–Kier alpha value is -1.87. The van der Waals surface area contributed by atoms with Crippen molar-refractivity contribution < 1.29 is 0 Å². The fourth-order valence-corrected chi connectivity index (χ4v) is 2.36. The first-order valence-electron chi connectivity index (χ1n) is 6.11. The fraction of sp³-hybridized carbons (Fsp3) is 0.0625. The second-order valence-electron chi connectivity index (χ2n) is 4.48. The number of rotatable bonds is 2. The Balaban J connectivity index is 1.99. The van der Waals surface area contributed by atoms with Crippen LogP contribution in [0.4, 0.5) is 11.5 Å². The Bertz CT molecular complexity index is 738. The quantitative estimate of drug-likeness (QED) is 0.716. The Morgan fingerprint density at radius 2 is 1.79 bits per heavy atom. The van der Waals surface area contributed by atoms with Crippen LogP contribution < -0.4 is 5.32 Å². The zero-order valence-electron chi connectivity index (χ0n) is 10.5. The molecule has 1 N–H and O–H groups in total. The number of fused-ring (bicyclic) bond motifs is 1. The number of nitrogens with zero attached hydrogens (tertiary/aromatic N) is 1. The maximum Gasteiger partial charge on any atom is 0.144 e. The molecule has 1 aromatic heterocycles. The molecule has 0 bridgehead atoms. The second kappa shape index (κ2) is 5.02. The number of halogens is 1. The minimum Gasteiger partial charge on any atom is -0.339 e. The van der Waals surface area contributed by atoms with Crippen molar-refractivity contribution in [1.29, 1.82) is 0 Å². The van der Waals surface area contributed by atoms with Gasteiger partial charge >= 0.3 is 0 Å². The largest absolute Gasteiger partial charge is 0.339 e. The lowest BCUT2D eigenvalue weighted by Crippen LogP contribution is -1.95. The number of aryl methyl sites for hydroxylation is 1. The highest BCUT2D eigenvalue weighted by molar-refractivity contribution is 9.10. The van der Waals surface area contributed by atoms with Gasteiger partial charge in [-0.15, -0.1) is 0 Å². The number of nitrogens with one attached hydrogen (secondary N) is 1. The Kier molecular flexibility index (Phi) is 3.22. The number of aromatic nitrogens is 1. The highest BCUT2D eigenvalue weighted by Crippen LogP contribution is 2.27. The molecule has 0 saturated heterocycles. The third kappa shape index (κ3) is 2.47. The molecule has 0 aliphatic heterocycles. The summed E-state index contributed by atoms with van der Waals surface area (Å²) in [4.78, 5) is 4.36. The SMILES string of the molecule is Cc1ccnc(Nc2ccc3ccccc3c2)c1Br. The molecule has 94 valence electrons. The van der Waals surface area contributed by atoms with Crippen LogP contribution in [0.3, 0.4) is 0 Å². The van der Waals surface area contributed by atoms with Crippen LogP contribution >= 0.6 is 15.9 Å². The summed E-state index contributed by atoms with van der Waals surface area (Å²) < 4.78 is 1.00. The van der Waals surface area contributed by atoms with Gasteiger partial charge in [0.15, 0.2) is 0 Å². The molecule has 0 unspecified atom stereocenters. The van der Waals surface area contributed by atoms with E-state index in [1.807, 2.05) is 24.4 Å². The summed E-state index contributed by atoms with van der Waals surface area (Å²) in [6, 6.07) is 16.6. The van der Waals surface area contributed by atoms with E-state index in [2.05, 4.69) is 63.5 Å². The van der Waals surface area contributed by atoms with E-state index in [4.69, 9.17) is 0 Å². The molecule has 19 heavy (non-hydrogen) atoms. The van der Waals surface area contributed by atoms with E-state index in [1.165, 1.54) is 16.3 Å². The van der Waals surface area contributed by atoms with Gasteiger partial charge in [0.1, 0.15) is 5.82 Å². The molecule has 0 saturated carbocycles. The molecule has 3 heteroatoms. The molecule has 0 aliphatic carbocycles. The zero-order valence-corrected chi connectivity index (χ0v) is 12.1. The van der Waals surface area contributed by atoms with Gasteiger partial charge in [-0.2, -0.15) is 0 Å². The minimum atomic E-state index is 0.843. The molecule has 0 fully saturated rings. The smallest absolute Gasteiger partial charge is 0.144 e. The van der Waals surface area contributed by atoms with Crippen molar-refractivity contribution in [3.63, 3.8) is 0 Å². The van der Waals surface area contributed by atoms with Crippen LogP contribution in [0.25, 0.3) is 10.8 Å². The number of hydrogen-bond donors (Lipinski definition) is 1. The van der Waals surface area contributed by atoms with Gasteiger partial charge < -0.3 is 5.32 Å². The first-order valence-corrected chi connectivity index (χ1v) is 6.90. The van der Waals surface area contributed by atoms with E-state index in [1.54, 1.807) is 0 Å². The van der Waals surface area contributed by atoms with Gasteiger partial charge in [0.25, 0.3) is 0 Å². The lowest BCUT2D eigenvalue weighted by molar-refractivity contribution is 1.25. The lowest BCUT2D eigenvalue weighted by atomic mass is 10.1. The highest BCUT2D eigenvalue weighted by Gasteiger charge is 2.04. The van der Waals surface area contributed by atoms with Crippen LogP contribution in [-0.4, -0.2) is 4.98 Å². The van der Waals surface area contributed by atoms with Gasteiger partial charge in [-0.3, -0.25) is 0 Å². The van der Waals surface area contributed by atoms with E-state index in [9.17, 15) is 0 Å². The minimum absolute atomic E-state index is 0.843. The molecule has 3 rings (SSSR count). The molecule has 2 nitrogen and oxygen atoms in total. The van der Waals surface area contributed by atoms with Gasteiger partial charge in [-0.1, -0.05) is 30.3 Å². The number of benzene rings is 2. The Morgan fingerprint density at radius 3 is 2.63 bits per heavy atom. The predicted octanol–water partition coefficient (Wildman–Crippen LogP) is 5.05. The summed E-state index contributed by atoms with van der Waals surface area (Å²) >= 11 is 3.56. The normalized spacial score (nSPS) is 10.6. The Morgan fingerprint density at radius 1 is 1.00 bits per heavy atom. The van der Waals surface area contributed by atoms with E-state index in [-0.39, 0.29) is 0 Å². The predicted molar refractivity (Wildman–Crippen MR) is 83.9 cm³/mol. The highest BCUT2D eigenvalue weighted by atomic mass is 79.9. The van der Waals surface area contributed by atoms with Crippen molar-refractivity contribution in [2.45, 2.75) is 6.92 Å². The van der Waals surface area contributed by atoms with Crippen molar-refractivity contribution in [3.05, 3.63) is 64.8 Å². The van der Waals surface area contributed by atoms with Crippen LogP contribution in [0.15, 0.2) is 59.2 Å². The summed E-state index contributed by atoms with van der Waals surface area (Å²) in [7, 11) is 0. The number of pyridine rings is 1. The molecule has 3 aromatic rings. The third-order valence-corrected chi connectivity index (χ3v) is 4.10. The first kappa shape index (κ1) is 12.2. The van der Waals surface area contributed by atoms with Crippen molar-refractivity contribution in [2.24, 2.45) is 0 Å². The van der Waals surface area contributed by atoms with Gasteiger partial charge in [0, 0.05) is 11.9 Å². The molecule has 0 atom stereocenters. The van der Waals surface area contributed by atoms with Crippen LogP contribution in [0, 0.1) is 6.92 Å². The topological polar surface area (TPSA) is 24.9 Å². The third-order valence-electron chi connectivity index (χ3n) is 3.09. The van der Waals surface area contributed by atoms with E-state index < -0.39 is 0 Å². The first-order chi connectivity index (χ1) is 9.24. The standard InChI is InChI=1S/C16H13BrN2/c1-11-8-9-18-16(15(11)17)19-14-7-6-12-4-2-3-5-13(12)10-14/h2-10H,1H3,(H,18,19). The summed E-state index contributed by atoms with van der Waals surface area (Å²) in [6.07, 6.45) is 1.81. The van der Waals surface area contributed by atoms with Gasteiger partial charge in [0.05, 0.1) is 4.47 Å². The second-order valence-corrected chi connectivity index (χ2v) is 5.27. The average molecular weight is 313 g/mol. The molecule has 2 aromatic carbocycles. The van der Waals surface area contributed by atoms with E-state index in [0.717, 1.165) is 16.0 Å². The maximum atomic E-state index is 4.36. The van der Waals surface area contributed by atoms with Gasteiger partial charge in [-0.25, -0.2) is 4.98 Å². The Labute approximate surface area is 120 Å². The molecule has 0 amide bonds. The summed E-state index contributed by atoms with van der Waals surface area (Å²) in [6.45, 7) is 2.05. The van der Waals surface area contributed by atoms with Crippen molar-refractivity contribution in [1.82, 2.24) is 4.98 Å². The summed E-state index contributed by atoms with van der Waals surface area (Å²) in [5.74, 6) is 0.843. The molecular weight excluding hydrogens is 300 g/mol. The summed E-state index contributed by atoms with van der Waals surface area (Å²) in [5.41, 5.74) is 2.20. The summed E-state index contributed by atoms with van der Waals surface area (Å²) in [5, 5.41) is 5.81. The zero-order chi connectivity index (χ0) is 13.2. The number of anilines is 2. The van der Waals surface area contributed by atoms with Crippen LogP contribution in [0.5, 0.6) is 0 Å². The monoisotopic (exact) mass is 312 g/mol. The van der Waals surface area contributed by atoms with Crippen LogP contribution in [-0.2, 0) is 0 Å². The van der Waals surface area contributed by atoms with Crippen LogP contribution in [0.1, 0.15) is 5.56 Å². The van der Waals surface area contributed by atoms with Crippen molar-refractivity contribution in [3.8, 4) is 0 Å². The fourth-order valence-electron chi connectivity index (χ4n) is 2.03. The lowest BCUT2D eigenvalue weighted by Gasteiger charge is -2.09. The average Bonchev–Trinajstić information content (AvgIpc) is 2.44. The van der Waals surface area contributed by atoms with Crippen molar-refractivity contribution >= 4 is 38.2 Å². The van der Waals surface area contributed by atoms with Crippen LogP contribution in [0.2, 0.25) is 0 Å². The van der Waals surface area contributed by atoms with Gasteiger partial charge in [-0.05, 0) is 57.4 Å². The molecule has 0 radical (unpaired) electrons. The van der Waals surface area contributed by atoms with E-state index >= 15 is 0 Å². The number of hydrogen-bond acceptors (Lipinski definition) is 2. The van der Waals surface area contributed by atoms with Crippen molar-refractivity contribution in [2.75, 3.05) is 5.32 Å². The maximum absolute atomic E-state index is 4.36. The molecule has 1 heterocycles. The molecule has 0 aliphatic rings. The van der Waals surface area contributed by atoms with Gasteiger partial charge in [0.2, 0.25) is 0 Å².